The highest BCUT2D eigenvalue weighted by Gasteiger charge is 2.21. The number of ether oxygens (including phenoxy) is 3. The molecule has 2 aromatic carbocycles. The summed E-state index contributed by atoms with van der Waals surface area (Å²) in [6.45, 7) is 0. The van der Waals surface area contributed by atoms with Crippen LogP contribution in [0.1, 0.15) is 11.1 Å². The fourth-order valence-electron chi connectivity index (χ4n) is 2.55. The first-order valence-corrected chi connectivity index (χ1v) is 7.60. The topological polar surface area (TPSA) is 44.8 Å². The fourth-order valence-corrected chi connectivity index (χ4v) is 2.55. The van der Waals surface area contributed by atoms with Crippen molar-refractivity contribution in [2.45, 2.75) is 6.42 Å². The van der Waals surface area contributed by atoms with Crippen LogP contribution in [0.5, 0.6) is 11.5 Å². The van der Waals surface area contributed by atoms with Crippen molar-refractivity contribution in [2.75, 3.05) is 14.2 Å². The van der Waals surface area contributed by atoms with E-state index < -0.39 is 0 Å². The van der Waals surface area contributed by atoms with Gasteiger partial charge in [-0.3, -0.25) is 0 Å². The zero-order valence-electron chi connectivity index (χ0n) is 13.6. The first-order valence-electron chi connectivity index (χ1n) is 7.60. The van der Waals surface area contributed by atoms with Gasteiger partial charge in [-0.25, -0.2) is 4.79 Å². The SMILES string of the molecule is COc1ccc(/C=C2/C=C(Cc3ccccc3)C(=O)O2)cc1OC. The van der Waals surface area contributed by atoms with Crippen LogP contribution in [0.15, 0.2) is 65.9 Å². The van der Waals surface area contributed by atoms with E-state index in [-0.39, 0.29) is 5.97 Å². The molecule has 0 aliphatic carbocycles. The molecular weight excluding hydrogens is 304 g/mol. The van der Waals surface area contributed by atoms with Crippen molar-refractivity contribution in [2.24, 2.45) is 0 Å². The molecule has 1 aliphatic heterocycles. The molecule has 1 aliphatic rings. The van der Waals surface area contributed by atoms with E-state index in [2.05, 4.69) is 0 Å². The number of allylic oxidation sites excluding steroid dienone is 1. The number of hydrogen-bond acceptors (Lipinski definition) is 4. The second-order valence-electron chi connectivity index (χ2n) is 5.38. The van der Waals surface area contributed by atoms with Gasteiger partial charge >= 0.3 is 5.97 Å². The van der Waals surface area contributed by atoms with Gasteiger partial charge in [0, 0.05) is 12.0 Å². The molecule has 0 fully saturated rings. The molecule has 0 N–H and O–H groups in total. The van der Waals surface area contributed by atoms with Crippen molar-refractivity contribution in [3.63, 3.8) is 0 Å². The zero-order valence-corrected chi connectivity index (χ0v) is 13.6. The summed E-state index contributed by atoms with van der Waals surface area (Å²) in [5, 5.41) is 0. The van der Waals surface area contributed by atoms with Crippen molar-refractivity contribution in [3.8, 4) is 11.5 Å². The molecule has 4 nitrogen and oxygen atoms in total. The molecule has 0 aromatic heterocycles. The quantitative estimate of drug-likeness (QED) is 0.786. The molecule has 24 heavy (non-hydrogen) atoms. The van der Waals surface area contributed by atoms with E-state index in [9.17, 15) is 4.79 Å². The largest absolute Gasteiger partial charge is 0.493 e. The second kappa shape index (κ2) is 7.04. The molecule has 0 saturated heterocycles. The average Bonchev–Trinajstić information content (AvgIpc) is 2.94. The monoisotopic (exact) mass is 322 g/mol. The lowest BCUT2D eigenvalue weighted by atomic mass is 10.1. The van der Waals surface area contributed by atoms with Gasteiger partial charge in [0.15, 0.2) is 11.5 Å². The van der Waals surface area contributed by atoms with Crippen LogP contribution in [-0.2, 0) is 16.0 Å². The summed E-state index contributed by atoms with van der Waals surface area (Å²) in [5.41, 5.74) is 2.59. The fraction of sp³-hybridized carbons (Fsp3) is 0.150. The Balaban J connectivity index is 1.82. The molecule has 0 amide bonds. The summed E-state index contributed by atoms with van der Waals surface area (Å²) in [7, 11) is 3.18. The van der Waals surface area contributed by atoms with Crippen molar-refractivity contribution in [1.82, 2.24) is 0 Å². The second-order valence-corrected chi connectivity index (χ2v) is 5.38. The average molecular weight is 322 g/mol. The standard InChI is InChI=1S/C20H18O4/c1-22-18-9-8-15(12-19(18)23-2)11-17-13-16(20(21)24-17)10-14-6-4-3-5-7-14/h3-9,11-13H,10H2,1-2H3/b17-11-. The first-order chi connectivity index (χ1) is 11.7. The van der Waals surface area contributed by atoms with E-state index in [1.165, 1.54) is 0 Å². The smallest absolute Gasteiger partial charge is 0.339 e. The number of hydrogen-bond donors (Lipinski definition) is 0. The van der Waals surface area contributed by atoms with Gasteiger partial charge in [-0.1, -0.05) is 36.4 Å². The van der Waals surface area contributed by atoms with Crippen LogP contribution in [0, 0.1) is 0 Å². The van der Waals surface area contributed by atoms with E-state index in [1.807, 2.05) is 48.5 Å². The lowest BCUT2D eigenvalue weighted by Gasteiger charge is -2.07. The Hall–Kier alpha value is -3.01. The van der Waals surface area contributed by atoms with Crippen LogP contribution >= 0.6 is 0 Å². The number of esters is 1. The summed E-state index contributed by atoms with van der Waals surface area (Å²) in [5.74, 6) is 1.51. The lowest BCUT2D eigenvalue weighted by Crippen LogP contribution is -2.01. The van der Waals surface area contributed by atoms with E-state index in [0.717, 1.165) is 11.1 Å². The Morgan fingerprint density at radius 3 is 2.46 bits per heavy atom. The van der Waals surface area contributed by atoms with Crippen LogP contribution in [0.3, 0.4) is 0 Å². The molecule has 0 radical (unpaired) electrons. The number of rotatable bonds is 5. The molecule has 2 aromatic rings. The van der Waals surface area contributed by atoms with Gasteiger partial charge in [0.05, 0.1) is 14.2 Å². The maximum Gasteiger partial charge on any atom is 0.339 e. The lowest BCUT2D eigenvalue weighted by molar-refractivity contribution is -0.133. The van der Waals surface area contributed by atoms with Crippen LogP contribution in [0.4, 0.5) is 0 Å². The van der Waals surface area contributed by atoms with Gasteiger partial charge in [-0.15, -0.1) is 0 Å². The number of carbonyl (C=O) groups is 1. The summed E-state index contributed by atoms with van der Waals surface area (Å²) in [4.78, 5) is 12.0. The molecule has 4 heteroatoms. The van der Waals surface area contributed by atoms with Crippen LogP contribution < -0.4 is 9.47 Å². The van der Waals surface area contributed by atoms with Gasteiger partial charge < -0.3 is 14.2 Å². The van der Waals surface area contributed by atoms with Gasteiger partial charge in [0.1, 0.15) is 5.76 Å². The molecule has 0 atom stereocenters. The Bertz CT molecular complexity index is 804. The molecule has 0 bridgehead atoms. The summed E-state index contributed by atoms with van der Waals surface area (Å²) in [6, 6.07) is 15.4. The minimum atomic E-state index is -0.300. The third-order valence-corrected chi connectivity index (χ3v) is 3.74. The van der Waals surface area contributed by atoms with Gasteiger partial charge in [0.2, 0.25) is 0 Å². The Morgan fingerprint density at radius 1 is 1.00 bits per heavy atom. The highest BCUT2D eigenvalue weighted by atomic mass is 16.5. The predicted octanol–water partition coefficient (Wildman–Crippen LogP) is 3.77. The van der Waals surface area contributed by atoms with E-state index in [0.29, 0.717) is 29.3 Å². The number of cyclic esters (lactones) is 1. The first kappa shape index (κ1) is 15.9. The van der Waals surface area contributed by atoms with Crippen molar-refractivity contribution >= 4 is 12.0 Å². The van der Waals surface area contributed by atoms with Crippen molar-refractivity contribution in [3.05, 3.63) is 77.1 Å². The minimum absolute atomic E-state index is 0.300. The molecule has 0 saturated carbocycles. The number of carbonyl (C=O) groups excluding carboxylic acids is 1. The molecule has 1 heterocycles. The van der Waals surface area contributed by atoms with Gasteiger partial charge in [-0.2, -0.15) is 0 Å². The summed E-state index contributed by atoms with van der Waals surface area (Å²) < 4.78 is 15.8. The van der Waals surface area contributed by atoms with E-state index >= 15 is 0 Å². The maximum absolute atomic E-state index is 12.0. The Labute approximate surface area is 141 Å². The van der Waals surface area contributed by atoms with Crippen molar-refractivity contribution < 1.29 is 19.0 Å². The highest BCUT2D eigenvalue weighted by Crippen LogP contribution is 2.29. The third kappa shape index (κ3) is 3.49. The summed E-state index contributed by atoms with van der Waals surface area (Å²) >= 11 is 0. The van der Waals surface area contributed by atoms with Gasteiger partial charge in [-0.05, 0) is 35.4 Å². The van der Waals surface area contributed by atoms with E-state index in [4.69, 9.17) is 14.2 Å². The molecular formula is C20H18O4. The number of methoxy groups -OCH3 is 2. The maximum atomic E-state index is 12.0. The highest BCUT2D eigenvalue weighted by molar-refractivity contribution is 5.94. The third-order valence-electron chi connectivity index (χ3n) is 3.74. The Morgan fingerprint density at radius 2 is 1.75 bits per heavy atom. The predicted molar refractivity (Wildman–Crippen MR) is 91.8 cm³/mol. The summed E-state index contributed by atoms with van der Waals surface area (Å²) in [6.07, 6.45) is 4.15. The van der Waals surface area contributed by atoms with Crippen LogP contribution in [-0.4, -0.2) is 20.2 Å². The minimum Gasteiger partial charge on any atom is -0.493 e. The van der Waals surface area contributed by atoms with Crippen LogP contribution in [0.25, 0.3) is 6.08 Å². The zero-order chi connectivity index (χ0) is 16.9. The van der Waals surface area contributed by atoms with Crippen LogP contribution in [0.2, 0.25) is 0 Å². The molecule has 0 spiro atoms. The van der Waals surface area contributed by atoms with E-state index in [1.54, 1.807) is 26.4 Å². The normalized spacial score (nSPS) is 15.2. The molecule has 0 unspecified atom stereocenters. The molecule has 122 valence electrons. The Kier molecular flexibility index (Phi) is 4.66. The number of benzene rings is 2. The molecule has 3 rings (SSSR count). The van der Waals surface area contributed by atoms with Crippen molar-refractivity contribution in [1.29, 1.82) is 0 Å². The van der Waals surface area contributed by atoms with Gasteiger partial charge in [0.25, 0.3) is 0 Å².